The second kappa shape index (κ2) is 9.06. The summed E-state index contributed by atoms with van der Waals surface area (Å²) in [6.45, 7) is 0. The summed E-state index contributed by atoms with van der Waals surface area (Å²) in [7, 11) is 1.62. The van der Waals surface area contributed by atoms with Crippen LogP contribution in [0.15, 0.2) is 83.5 Å². The van der Waals surface area contributed by atoms with Crippen LogP contribution in [0, 0.1) is 0 Å². The molecular weight excluding hydrogens is 398 g/mol. The van der Waals surface area contributed by atoms with Crippen molar-refractivity contribution in [2.45, 2.75) is 0 Å². The predicted octanol–water partition coefficient (Wildman–Crippen LogP) is 4.31. The molecule has 0 amide bonds. The summed E-state index contributed by atoms with van der Waals surface area (Å²) in [4.78, 5) is 25.9. The molecule has 0 aliphatic heterocycles. The maximum Gasteiger partial charge on any atom is 0.233 e. The highest BCUT2D eigenvalue weighted by Gasteiger charge is 2.19. The first-order valence-electron chi connectivity index (χ1n) is 9.06. The Kier molecular flexibility index (Phi) is 5.86. The number of carbonyl (C=O) groups excluding carboxylic acids is 1. The Bertz CT molecular complexity index is 1180. The molecule has 30 heavy (non-hydrogen) atoms. The minimum Gasteiger partial charge on any atom is -0.496 e. The molecule has 0 fully saturated rings. The van der Waals surface area contributed by atoms with Gasteiger partial charge in [-0.15, -0.1) is 11.3 Å². The summed E-state index contributed by atoms with van der Waals surface area (Å²) >= 11 is 1.38. The van der Waals surface area contributed by atoms with Crippen LogP contribution in [0.25, 0.3) is 11.3 Å². The van der Waals surface area contributed by atoms with Gasteiger partial charge in [-0.25, -0.2) is 4.98 Å². The average molecular weight is 415 g/mol. The summed E-state index contributed by atoms with van der Waals surface area (Å²) < 4.78 is 5.40. The molecule has 1 N–H and O–H groups in total. The molecule has 4 aromatic rings. The minimum absolute atomic E-state index is 0.156. The van der Waals surface area contributed by atoms with E-state index in [1.807, 2.05) is 29.6 Å². The van der Waals surface area contributed by atoms with Gasteiger partial charge in [0, 0.05) is 23.3 Å². The molecule has 0 aliphatic carbocycles. The first-order chi connectivity index (χ1) is 14.8. The Morgan fingerprint density at radius 3 is 2.37 bits per heavy atom. The van der Waals surface area contributed by atoms with Gasteiger partial charge in [0.25, 0.3) is 0 Å². The quantitative estimate of drug-likeness (QED) is 0.275. The van der Waals surface area contributed by atoms with Crippen molar-refractivity contribution < 1.29 is 9.53 Å². The normalized spacial score (nSPS) is 11.2. The molecular formula is C22H17N5O2S. The van der Waals surface area contributed by atoms with E-state index < -0.39 is 0 Å². The number of hydrazone groups is 1. The summed E-state index contributed by atoms with van der Waals surface area (Å²) in [6.07, 6.45) is 3.18. The third-order valence-electron chi connectivity index (χ3n) is 4.17. The molecule has 1 aromatic carbocycles. The van der Waals surface area contributed by atoms with Crippen molar-refractivity contribution in [1.29, 1.82) is 0 Å². The summed E-state index contributed by atoms with van der Waals surface area (Å²) in [5, 5.41) is 6.76. The van der Waals surface area contributed by atoms with Crippen molar-refractivity contribution in [2.75, 3.05) is 12.5 Å². The topological polar surface area (TPSA) is 89.4 Å². The third-order valence-corrected chi connectivity index (χ3v) is 4.92. The molecule has 0 radical (unpaired) electrons. The molecule has 0 bridgehead atoms. The van der Waals surface area contributed by atoms with Crippen LogP contribution < -0.4 is 10.2 Å². The standard InChI is InChI=1S/C22H17N5O2S/c1-29-19-11-3-2-8-15(19)18-14-30-22(25-18)27-26-20(16-9-4-6-12-23-16)21(28)17-10-5-7-13-24-17/h2-14H,1H3,(H,25,27)/b26-20-. The van der Waals surface area contributed by atoms with E-state index in [1.165, 1.54) is 11.3 Å². The number of methoxy groups -OCH3 is 1. The summed E-state index contributed by atoms with van der Waals surface area (Å²) in [5.74, 6) is 0.403. The molecule has 148 valence electrons. The Balaban J connectivity index is 1.64. The number of carbonyl (C=O) groups is 1. The first-order valence-corrected chi connectivity index (χ1v) is 9.94. The second-order valence-electron chi connectivity index (χ2n) is 6.07. The van der Waals surface area contributed by atoms with Crippen LogP contribution in [0.1, 0.15) is 16.2 Å². The lowest BCUT2D eigenvalue weighted by atomic mass is 10.1. The summed E-state index contributed by atoms with van der Waals surface area (Å²) in [5.41, 5.74) is 5.41. The third kappa shape index (κ3) is 4.23. The van der Waals surface area contributed by atoms with Gasteiger partial charge in [0.2, 0.25) is 10.9 Å². The highest BCUT2D eigenvalue weighted by atomic mass is 32.1. The number of nitrogens with zero attached hydrogens (tertiary/aromatic N) is 4. The average Bonchev–Trinajstić information content (AvgIpc) is 3.29. The monoisotopic (exact) mass is 415 g/mol. The van der Waals surface area contributed by atoms with Crippen molar-refractivity contribution in [2.24, 2.45) is 5.10 Å². The van der Waals surface area contributed by atoms with Crippen molar-refractivity contribution in [1.82, 2.24) is 15.0 Å². The SMILES string of the molecule is COc1ccccc1-c1csc(N/N=C(\C(=O)c2ccccn2)c2ccccn2)n1. The molecule has 8 heteroatoms. The van der Waals surface area contributed by atoms with Crippen LogP contribution in [-0.4, -0.2) is 33.6 Å². The van der Waals surface area contributed by atoms with E-state index >= 15 is 0 Å². The number of hydrogen-bond donors (Lipinski definition) is 1. The number of benzene rings is 1. The fraction of sp³-hybridized carbons (Fsp3) is 0.0455. The number of Topliss-reactive ketones (excluding diaryl/α,β-unsaturated/α-hetero) is 1. The van der Waals surface area contributed by atoms with Crippen LogP contribution in [-0.2, 0) is 0 Å². The van der Waals surface area contributed by atoms with Crippen molar-refractivity contribution in [3.63, 3.8) is 0 Å². The van der Waals surface area contributed by atoms with Crippen LogP contribution in [0.3, 0.4) is 0 Å². The number of pyridine rings is 2. The molecule has 3 aromatic heterocycles. The predicted molar refractivity (Wildman–Crippen MR) is 117 cm³/mol. The van der Waals surface area contributed by atoms with E-state index in [2.05, 4.69) is 25.5 Å². The Labute approximate surface area is 177 Å². The molecule has 0 saturated carbocycles. The van der Waals surface area contributed by atoms with Crippen LogP contribution in [0.5, 0.6) is 5.75 Å². The lowest BCUT2D eigenvalue weighted by molar-refractivity contribution is 0.106. The smallest absolute Gasteiger partial charge is 0.233 e. The largest absolute Gasteiger partial charge is 0.496 e. The Hall–Kier alpha value is -3.91. The van der Waals surface area contributed by atoms with Gasteiger partial charge in [-0.2, -0.15) is 5.10 Å². The maximum absolute atomic E-state index is 13.0. The van der Waals surface area contributed by atoms with Crippen molar-refractivity contribution >= 4 is 28.0 Å². The van der Waals surface area contributed by atoms with Gasteiger partial charge in [-0.1, -0.05) is 24.3 Å². The summed E-state index contributed by atoms with van der Waals surface area (Å²) in [6, 6.07) is 18.1. The van der Waals surface area contributed by atoms with E-state index in [0.717, 1.165) is 17.0 Å². The van der Waals surface area contributed by atoms with Gasteiger partial charge in [0.05, 0.1) is 18.5 Å². The van der Waals surface area contributed by atoms with E-state index in [9.17, 15) is 4.79 Å². The fourth-order valence-corrected chi connectivity index (χ4v) is 3.41. The van der Waals surface area contributed by atoms with Crippen LogP contribution in [0.4, 0.5) is 5.13 Å². The number of rotatable bonds is 7. The van der Waals surface area contributed by atoms with Gasteiger partial charge in [-0.05, 0) is 36.4 Å². The molecule has 0 atom stereocenters. The molecule has 0 aliphatic rings. The Morgan fingerprint density at radius 1 is 0.967 bits per heavy atom. The maximum atomic E-state index is 13.0. The van der Waals surface area contributed by atoms with E-state index in [1.54, 1.807) is 55.9 Å². The zero-order chi connectivity index (χ0) is 20.8. The van der Waals surface area contributed by atoms with Crippen LogP contribution in [0.2, 0.25) is 0 Å². The molecule has 0 saturated heterocycles. The minimum atomic E-state index is -0.330. The number of ether oxygens (including phenoxy) is 1. The molecule has 7 nitrogen and oxygen atoms in total. The van der Waals surface area contributed by atoms with E-state index in [0.29, 0.717) is 10.8 Å². The fourth-order valence-electron chi connectivity index (χ4n) is 2.75. The number of anilines is 1. The van der Waals surface area contributed by atoms with Gasteiger partial charge < -0.3 is 4.74 Å². The lowest BCUT2D eigenvalue weighted by Gasteiger charge is -2.06. The Morgan fingerprint density at radius 2 is 1.67 bits per heavy atom. The van der Waals surface area contributed by atoms with Crippen LogP contribution >= 0.6 is 11.3 Å². The zero-order valence-corrected chi connectivity index (χ0v) is 16.8. The molecule has 0 unspecified atom stereocenters. The van der Waals surface area contributed by atoms with Crippen molar-refractivity contribution in [3.8, 4) is 17.0 Å². The molecule has 3 heterocycles. The van der Waals surface area contributed by atoms with Gasteiger partial charge in [-0.3, -0.25) is 20.2 Å². The number of ketones is 1. The number of hydrogen-bond acceptors (Lipinski definition) is 8. The highest BCUT2D eigenvalue weighted by molar-refractivity contribution is 7.14. The van der Waals surface area contributed by atoms with Gasteiger partial charge in [0.15, 0.2) is 5.71 Å². The van der Waals surface area contributed by atoms with E-state index in [-0.39, 0.29) is 17.2 Å². The number of thiazole rings is 1. The van der Waals surface area contributed by atoms with Crippen molar-refractivity contribution in [3.05, 3.63) is 89.8 Å². The number of para-hydroxylation sites is 1. The van der Waals surface area contributed by atoms with E-state index in [4.69, 9.17) is 4.74 Å². The lowest BCUT2D eigenvalue weighted by Crippen LogP contribution is -2.19. The molecule has 0 spiro atoms. The van der Waals surface area contributed by atoms with Gasteiger partial charge in [0.1, 0.15) is 11.4 Å². The first kappa shape index (κ1) is 19.4. The number of aromatic nitrogens is 3. The highest BCUT2D eigenvalue weighted by Crippen LogP contribution is 2.31. The number of nitrogens with one attached hydrogen (secondary N) is 1. The van der Waals surface area contributed by atoms with Gasteiger partial charge >= 0.3 is 0 Å². The molecule has 4 rings (SSSR count). The zero-order valence-electron chi connectivity index (χ0n) is 16.0. The second-order valence-corrected chi connectivity index (χ2v) is 6.93.